The Morgan fingerprint density at radius 1 is 1.50 bits per heavy atom. The number of nitrogens with zero attached hydrogens (tertiary/aromatic N) is 5. The first-order chi connectivity index (χ1) is 10.3. The van der Waals surface area contributed by atoms with Crippen LogP contribution in [0, 0.1) is 17.0 Å². The highest BCUT2D eigenvalue weighted by Gasteiger charge is 2.23. The van der Waals surface area contributed by atoms with E-state index >= 15 is 0 Å². The number of hydrogen-bond donors (Lipinski definition) is 1. The summed E-state index contributed by atoms with van der Waals surface area (Å²) in [6.07, 6.45) is 2.63. The van der Waals surface area contributed by atoms with Crippen LogP contribution in [0.2, 0.25) is 5.02 Å². The molecule has 2 rings (SSSR count). The Balaban J connectivity index is 2.08. The predicted molar refractivity (Wildman–Crippen MR) is 78.4 cm³/mol. The van der Waals surface area contributed by atoms with E-state index in [0.717, 1.165) is 6.20 Å². The molecule has 118 valence electrons. The summed E-state index contributed by atoms with van der Waals surface area (Å²) in [7, 11) is 1.72. The van der Waals surface area contributed by atoms with E-state index in [2.05, 4.69) is 15.5 Å². The van der Waals surface area contributed by atoms with Crippen molar-refractivity contribution >= 4 is 23.2 Å². The highest BCUT2D eigenvalue weighted by Crippen LogP contribution is 2.20. The topological polar surface area (TPSA) is 108 Å². The fourth-order valence-electron chi connectivity index (χ4n) is 2.05. The van der Waals surface area contributed by atoms with Crippen LogP contribution < -0.4 is 5.32 Å². The fourth-order valence-corrected chi connectivity index (χ4v) is 2.28. The van der Waals surface area contributed by atoms with Crippen LogP contribution in [0.4, 0.5) is 5.69 Å². The van der Waals surface area contributed by atoms with E-state index in [1.54, 1.807) is 25.6 Å². The maximum atomic E-state index is 12.2. The maximum absolute atomic E-state index is 12.2. The lowest BCUT2D eigenvalue weighted by Gasteiger charge is -2.14. The third kappa shape index (κ3) is 2.93. The average Bonchev–Trinajstić information content (AvgIpc) is 2.99. The molecule has 1 amide bonds. The van der Waals surface area contributed by atoms with Crippen molar-refractivity contribution in [3.8, 4) is 0 Å². The van der Waals surface area contributed by atoms with Crippen molar-refractivity contribution in [1.29, 1.82) is 0 Å². The highest BCUT2D eigenvalue weighted by molar-refractivity contribution is 6.31. The van der Waals surface area contributed by atoms with Gasteiger partial charge in [-0.25, -0.2) is 0 Å². The molecule has 9 nitrogen and oxygen atoms in total. The van der Waals surface area contributed by atoms with E-state index in [0.29, 0.717) is 16.4 Å². The van der Waals surface area contributed by atoms with Crippen LogP contribution in [0.15, 0.2) is 12.4 Å². The van der Waals surface area contributed by atoms with Gasteiger partial charge in [0, 0.05) is 7.05 Å². The first kappa shape index (κ1) is 16.0. The molecule has 0 fully saturated rings. The van der Waals surface area contributed by atoms with Crippen molar-refractivity contribution in [2.24, 2.45) is 7.05 Å². The second-order valence-electron chi connectivity index (χ2n) is 4.77. The first-order valence-electron chi connectivity index (χ1n) is 6.45. The summed E-state index contributed by atoms with van der Waals surface area (Å²) in [5.74, 6) is -0.321. The normalized spacial score (nSPS) is 12.2. The standard InChI is InChI=1S/C12H15ClN6O3/c1-7-10(19(21)22)6-16-18(7)8(2)12(20)14-5-11-9(13)4-15-17(11)3/h4,6,8H,5H2,1-3H3,(H,14,20). The molecule has 2 aromatic rings. The number of hydrogen-bond acceptors (Lipinski definition) is 5. The lowest BCUT2D eigenvalue weighted by molar-refractivity contribution is -0.385. The van der Waals surface area contributed by atoms with Gasteiger partial charge in [-0.2, -0.15) is 10.2 Å². The van der Waals surface area contributed by atoms with Gasteiger partial charge in [-0.15, -0.1) is 0 Å². The summed E-state index contributed by atoms with van der Waals surface area (Å²) in [6, 6.07) is -0.680. The minimum Gasteiger partial charge on any atom is -0.349 e. The molecule has 10 heteroatoms. The molecule has 1 atom stereocenters. The van der Waals surface area contributed by atoms with Crippen molar-refractivity contribution in [2.75, 3.05) is 0 Å². The summed E-state index contributed by atoms with van der Waals surface area (Å²) in [5, 5.41) is 21.9. The average molecular weight is 327 g/mol. The number of carbonyl (C=O) groups excluding carboxylic acids is 1. The molecule has 0 saturated carbocycles. The van der Waals surface area contributed by atoms with Gasteiger partial charge in [0.25, 0.3) is 0 Å². The lowest BCUT2D eigenvalue weighted by Crippen LogP contribution is -2.32. The molecule has 0 aliphatic rings. The molecule has 0 aromatic carbocycles. The number of aryl methyl sites for hydroxylation is 1. The molecule has 0 radical (unpaired) electrons. The van der Waals surface area contributed by atoms with E-state index < -0.39 is 11.0 Å². The van der Waals surface area contributed by atoms with Gasteiger partial charge in [-0.1, -0.05) is 11.6 Å². The molecule has 0 spiro atoms. The smallest absolute Gasteiger partial charge is 0.309 e. The van der Waals surface area contributed by atoms with Crippen LogP contribution in [0.3, 0.4) is 0 Å². The zero-order chi connectivity index (χ0) is 16.4. The van der Waals surface area contributed by atoms with Crippen LogP contribution in [0.1, 0.15) is 24.4 Å². The molecule has 2 aromatic heterocycles. The van der Waals surface area contributed by atoms with Gasteiger partial charge in [0.1, 0.15) is 17.9 Å². The van der Waals surface area contributed by atoms with Crippen LogP contribution >= 0.6 is 11.6 Å². The van der Waals surface area contributed by atoms with Gasteiger partial charge < -0.3 is 5.32 Å². The summed E-state index contributed by atoms with van der Waals surface area (Å²) >= 11 is 5.96. The molecule has 0 saturated heterocycles. The molecule has 1 N–H and O–H groups in total. The number of aromatic nitrogens is 4. The maximum Gasteiger partial charge on any atom is 0.309 e. The predicted octanol–water partition coefficient (Wildman–Crippen LogP) is 1.36. The Hall–Kier alpha value is -2.42. The largest absolute Gasteiger partial charge is 0.349 e. The zero-order valence-corrected chi connectivity index (χ0v) is 13.0. The molecular weight excluding hydrogens is 312 g/mol. The van der Waals surface area contributed by atoms with Crippen LogP contribution in [-0.4, -0.2) is 30.4 Å². The van der Waals surface area contributed by atoms with Crippen molar-refractivity contribution in [1.82, 2.24) is 24.9 Å². The number of rotatable bonds is 5. The van der Waals surface area contributed by atoms with Gasteiger partial charge in [0.2, 0.25) is 5.91 Å². The monoisotopic (exact) mass is 326 g/mol. The quantitative estimate of drug-likeness (QED) is 0.659. The summed E-state index contributed by atoms with van der Waals surface area (Å²) in [6.45, 7) is 3.37. The van der Waals surface area contributed by atoms with Gasteiger partial charge in [0.15, 0.2) is 0 Å². The van der Waals surface area contributed by atoms with E-state index in [1.165, 1.54) is 10.9 Å². The molecule has 2 heterocycles. The minimum atomic E-state index is -0.680. The zero-order valence-electron chi connectivity index (χ0n) is 12.3. The van der Waals surface area contributed by atoms with E-state index in [4.69, 9.17) is 11.6 Å². The summed E-state index contributed by atoms with van der Waals surface area (Å²) < 4.78 is 2.88. The SMILES string of the molecule is Cc1c([N+](=O)[O-])cnn1C(C)C(=O)NCc1c(Cl)cnn1C. The van der Waals surface area contributed by atoms with Crippen LogP contribution in [0.5, 0.6) is 0 Å². The Morgan fingerprint density at radius 2 is 2.18 bits per heavy atom. The van der Waals surface area contributed by atoms with Crippen molar-refractivity contribution < 1.29 is 9.72 Å². The van der Waals surface area contributed by atoms with Gasteiger partial charge in [-0.3, -0.25) is 24.3 Å². The minimum absolute atomic E-state index is 0.116. The second-order valence-corrected chi connectivity index (χ2v) is 5.18. The fraction of sp³-hybridized carbons (Fsp3) is 0.417. The number of carbonyl (C=O) groups is 1. The summed E-state index contributed by atoms with van der Waals surface area (Å²) in [5.41, 5.74) is 0.880. The van der Waals surface area contributed by atoms with Crippen molar-refractivity contribution in [3.05, 3.63) is 38.9 Å². The van der Waals surface area contributed by atoms with E-state index in [1.807, 2.05) is 0 Å². The Kier molecular flexibility index (Phi) is 4.45. The number of halogens is 1. The summed E-state index contributed by atoms with van der Waals surface area (Å²) in [4.78, 5) is 22.5. The van der Waals surface area contributed by atoms with Crippen LogP contribution in [0.25, 0.3) is 0 Å². The second kappa shape index (κ2) is 6.14. The Labute approximate surface area is 131 Å². The number of amides is 1. The van der Waals surface area contributed by atoms with Crippen LogP contribution in [-0.2, 0) is 18.4 Å². The number of nitrogens with one attached hydrogen (secondary N) is 1. The van der Waals surface area contributed by atoms with Gasteiger partial charge >= 0.3 is 5.69 Å². The Bertz CT molecular complexity index is 703. The lowest BCUT2D eigenvalue weighted by atomic mass is 10.3. The molecular formula is C12H15ClN6O3. The van der Waals surface area contributed by atoms with E-state index in [9.17, 15) is 14.9 Å². The van der Waals surface area contributed by atoms with Crippen molar-refractivity contribution in [2.45, 2.75) is 26.4 Å². The molecule has 0 aliphatic heterocycles. The van der Waals surface area contributed by atoms with Crippen molar-refractivity contribution in [3.63, 3.8) is 0 Å². The van der Waals surface area contributed by atoms with Gasteiger partial charge in [0.05, 0.1) is 28.4 Å². The molecule has 22 heavy (non-hydrogen) atoms. The van der Waals surface area contributed by atoms with E-state index in [-0.39, 0.29) is 18.1 Å². The number of nitro groups is 1. The third-order valence-corrected chi connectivity index (χ3v) is 3.72. The molecule has 0 aliphatic carbocycles. The molecule has 0 bridgehead atoms. The van der Waals surface area contributed by atoms with Gasteiger partial charge in [-0.05, 0) is 13.8 Å². The first-order valence-corrected chi connectivity index (χ1v) is 6.83. The molecule has 1 unspecified atom stereocenters. The highest BCUT2D eigenvalue weighted by atomic mass is 35.5. The third-order valence-electron chi connectivity index (χ3n) is 3.40. The Morgan fingerprint density at radius 3 is 2.68 bits per heavy atom.